The van der Waals surface area contributed by atoms with Crippen LogP contribution in [-0.2, 0) is 10.0 Å². The van der Waals surface area contributed by atoms with Crippen LogP contribution in [0.4, 0.5) is 0 Å². The number of ether oxygens (including phenoxy) is 1. The van der Waals surface area contributed by atoms with Crippen molar-refractivity contribution in [2.45, 2.75) is 48.7 Å². The van der Waals surface area contributed by atoms with Crippen molar-refractivity contribution >= 4 is 34.0 Å². The quantitative estimate of drug-likeness (QED) is 0.751. The highest BCUT2D eigenvalue weighted by atomic mass is 35.5. The van der Waals surface area contributed by atoms with Crippen LogP contribution in [0.3, 0.4) is 0 Å². The fraction of sp³-hybridized carbons (Fsp3) is 0.368. The summed E-state index contributed by atoms with van der Waals surface area (Å²) in [6.07, 6.45) is 3.97. The molecule has 0 amide bonds. The first-order valence-corrected chi connectivity index (χ1v) is 10.7. The smallest absolute Gasteiger partial charge is 0.240 e. The van der Waals surface area contributed by atoms with Gasteiger partial charge in [0.05, 0.1) is 9.92 Å². The second-order valence-corrected chi connectivity index (χ2v) is 9.05. The van der Waals surface area contributed by atoms with Gasteiger partial charge in [0.1, 0.15) is 11.5 Å². The summed E-state index contributed by atoms with van der Waals surface area (Å²) in [5.74, 6) is 1.07. The van der Waals surface area contributed by atoms with Crippen molar-refractivity contribution in [1.29, 1.82) is 0 Å². The maximum Gasteiger partial charge on any atom is 0.240 e. The lowest BCUT2D eigenvalue weighted by Crippen LogP contribution is -2.47. The summed E-state index contributed by atoms with van der Waals surface area (Å²) in [7, 11) is -3.54. The summed E-state index contributed by atoms with van der Waals surface area (Å²) in [5.41, 5.74) is 0. The lowest BCUT2D eigenvalue weighted by Gasteiger charge is -2.29. The molecule has 2 atom stereocenters. The molecule has 0 saturated carbocycles. The minimum atomic E-state index is -3.54. The topological polar surface area (TPSA) is 67.4 Å². The Kier molecular flexibility index (Phi) is 6.33. The molecule has 2 unspecified atom stereocenters. The van der Waals surface area contributed by atoms with Crippen molar-refractivity contribution in [2.24, 2.45) is 0 Å². The minimum absolute atomic E-state index is 0. The lowest BCUT2D eigenvalue weighted by atomic mass is 10.0. The maximum absolute atomic E-state index is 12.7. The number of nitrogens with one attached hydrogen (secondary N) is 2. The maximum atomic E-state index is 12.7. The zero-order valence-electron chi connectivity index (χ0n) is 14.6. The van der Waals surface area contributed by atoms with Gasteiger partial charge >= 0.3 is 0 Å². The van der Waals surface area contributed by atoms with Crippen molar-refractivity contribution in [3.8, 4) is 11.5 Å². The van der Waals surface area contributed by atoms with E-state index in [-0.39, 0.29) is 23.3 Å². The number of rotatable bonds is 5. The average Bonchev–Trinajstić information content (AvgIpc) is 2.96. The van der Waals surface area contributed by atoms with E-state index in [2.05, 4.69) is 10.0 Å². The monoisotopic (exact) mass is 428 g/mol. The second kappa shape index (κ2) is 8.37. The molecule has 2 aromatic carbocycles. The van der Waals surface area contributed by atoms with Gasteiger partial charge in [-0.05, 0) is 62.1 Å². The molecule has 4 rings (SSSR count). The third kappa shape index (κ3) is 4.76. The van der Waals surface area contributed by atoms with E-state index in [1.165, 1.54) is 0 Å². The Morgan fingerprint density at radius 3 is 2.26 bits per heavy atom. The Morgan fingerprint density at radius 2 is 1.63 bits per heavy atom. The summed E-state index contributed by atoms with van der Waals surface area (Å²) >= 11 is 6.08. The second-order valence-electron chi connectivity index (χ2n) is 6.93. The fourth-order valence-corrected chi connectivity index (χ4v) is 5.22. The first-order valence-electron chi connectivity index (χ1n) is 8.80. The van der Waals surface area contributed by atoms with Crippen LogP contribution in [0.1, 0.15) is 25.7 Å². The number of para-hydroxylation sites is 1. The van der Waals surface area contributed by atoms with Gasteiger partial charge in [0.25, 0.3) is 0 Å². The molecular formula is C19H22Cl2N2O3S. The Labute approximate surface area is 170 Å². The van der Waals surface area contributed by atoms with Crippen LogP contribution in [0.25, 0.3) is 0 Å². The molecule has 0 spiro atoms. The van der Waals surface area contributed by atoms with Crippen LogP contribution < -0.4 is 14.8 Å². The van der Waals surface area contributed by atoms with Gasteiger partial charge in [-0.2, -0.15) is 0 Å². The molecule has 2 N–H and O–H groups in total. The van der Waals surface area contributed by atoms with Gasteiger partial charge in [0.15, 0.2) is 0 Å². The number of piperidine rings is 1. The van der Waals surface area contributed by atoms with Gasteiger partial charge < -0.3 is 10.1 Å². The molecule has 27 heavy (non-hydrogen) atoms. The Morgan fingerprint density at radius 1 is 1.00 bits per heavy atom. The third-order valence-electron chi connectivity index (χ3n) is 4.99. The average molecular weight is 429 g/mol. The normalized spacial score (nSPS) is 24.3. The van der Waals surface area contributed by atoms with Gasteiger partial charge in [0.2, 0.25) is 10.0 Å². The zero-order valence-corrected chi connectivity index (χ0v) is 17.0. The molecule has 2 bridgehead atoms. The van der Waals surface area contributed by atoms with Crippen LogP contribution in [0.15, 0.2) is 53.4 Å². The molecule has 0 radical (unpaired) electrons. The first kappa shape index (κ1) is 20.4. The van der Waals surface area contributed by atoms with Crippen molar-refractivity contribution in [2.75, 3.05) is 0 Å². The molecule has 2 aliphatic rings. The van der Waals surface area contributed by atoms with Crippen LogP contribution in [0.5, 0.6) is 11.5 Å². The van der Waals surface area contributed by atoms with Crippen molar-refractivity contribution in [1.82, 2.24) is 10.0 Å². The van der Waals surface area contributed by atoms with Crippen LogP contribution in [0, 0.1) is 0 Å². The Balaban J connectivity index is 0.00000210. The van der Waals surface area contributed by atoms with E-state index >= 15 is 0 Å². The number of sulfonamides is 1. The molecule has 0 aliphatic carbocycles. The summed E-state index contributed by atoms with van der Waals surface area (Å²) in [6, 6.07) is 14.4. The largest absolute Gasteiger partial charge is 0.456 e. The zero-order chi connectivity index (χ0) is 18.1. The number of hydrogen-bond donors (Lipinski definition) is 2. The molecule has 146 valence electrons. The van der Waals surface area contributed by atoms with Crippen LogP contribution >= 0.6 is 24.0 Å². The third-order valence-corrected chi connectivity index (χ3v) is 6.84. The molecule has 0 aromatic heterocycles. The predicted octanol–water partition coefficient (Wildman–Crippen LogP) is 4.12. The Bertz CT molecular complexity index is 878. The molecule has 2 aliphatic heterocycles. The fourth-order valence-electron chi connectivity index (χ4n) is 3.78. The highest BCUT2D eigenvalue weighted by Crippen LogP contribution is 2.30. The van der Waals surface area contributed by atoms with Gasteiger partial charge in [-0.15, -0.1) is 12.4 Å². The number of fused-ring (bicyclic) bond motifs is 2. The number of halogens is 2. The van der Waals surface area contributed by atoms with Gasteiger partial charge in [-0.1, -0.05) is 23.7 Å². The molecule has 2 heterocycles. The highest BCUT2D eigenvalue weighted by Gasteiger charge is 2.35. The summed E-state index contributed by atoms with van der Waals surface area (Å²) in [6.45, 7) is 0. The molecule has 5 nitrogen and oxygen atoms in total. The van der Waals surface area contributed by atoms with E-state index in [0.29, 0.717) is 28.6 Å². The molecular weight excluding hydrogens is 407 g/mol. The first-order chi connectivity index (χ1) is 12.5. The van der Waals surface area contributed by atoms with E-state index in [1.54, 1.807) is 36.4 Å². The molecule has 8 heteroatoms. The molecule has 2 saturated heterocycles. The minimum Gasteiger partial charge on any atom is -0.456 e. The van der Waals surface area contributed by atoms with Gasteiger partial charge in [0, 0.05) is 18.1 Å². The molecule has 2 aromatic rings. The van der Waals surface area contributed by atoms with E-state index in [0.717, 1.165) is 25.7 Å². The lowest BCUT2D eigenvalue weighted by molar-refractivity contribution is 0.345. The van der Waals surface area contributed by atoms with E-state index in [9.17, 15) is 8.42 Å². The number of hydrogen-bond acceptors (Lipinski definition) is 4. The SMILES string of the molecule is Cl.O=S(=O)(NC1CC2CCC(C1)N2)c1ccc(Oc2ccccc2Cl)cc1. The predicted molar refractivity (Wildman–Crippen MR) is 109 cm³/mol. The van der Waals surface area contributed by atoms with Crippen LogP contribution in [0.2, 0.25) is 5.02 Å². The van der Waals surface area contributed by atoms with Gasteiger partial charge in [-0.25, -0.2) is 13.1 Å². The van der Waals surface area contributed by atoms with Crippen molar-refractivity contribution in [3.05, 3.63) is 53.6 Å². The Hall–Kier alpha value is -1.31. The number of benzene rings is 2. The standard InChI is InChI=1S/C19H21ClN2O3S.ClH/c20-18-3-1-2-4-19(18)25-16-7-9-17(10-8-16)26(23,24)22-15-11-13-5-6-14(12-15)21-13;/h1-4,7-10,13-15,21-22H,5-6,11-12H2;1H. The van der Waals surface area contributed by atoms with E-state index in [4.69, 9.17) is 16.3 Å². The van der Waals surface area contributed by atoms with Crippen LogP contribution in [-0.4, -0.2) is 26.5 Å². The van der Waals surface area contributed by atoms with E-state index < -0.39 is 10.0 Å². The summed E-state index contributed by atoms with van der Waals surface area (Å²) in [5, 5.41) is 4.02. The summed E-state index contributed by atoms with van der Waals surface area (Å²) < 4.78 is 33.9. The van der Waals surface area contributed by atoms with Crippen molar-refractivity contribution in [3.63, 3.8) is 0 Å². The highest BCUT2D eigenvalue weighted by molar-refractivity contribution is 7.89. The molecule has 2 fully saturated rings. The van der Waals surface area contributed by atoms with E-state index in [1.807, 2.05) is 12.1 Å². The summed E-state index contributed by atoms with van der Waals surface area (Å²) in [4.78, 5) is 0.245. The van der Waals surface area contributed by atoms with Crippen molar-refractivity contribution < 1.29 is 13.2 Å². The van der Waals surface area contributed by atoms with Gasteiger partial charge in [-0.3, -0.25) is 0 Å².